The van der Waals surface area contributed by atoms with Gasteiger partial charge in [-0.15, -0.1) is 0 Å². The summed E-state index contributed by atoms with van der Waals surface area (Å²) in [5.41, 5.74) is 2.97. The van der Waals surface area contributed by atoms with Gasteiger partial charge in [0.05, 0.1) is 20.6 Å². The molecule has 0 radical (unpaired) electrons. The summed E-state index contributed by atoms with van der Waals surface area (Å²) >= 11 is 0. The number of hydrogen-bond acceptors (Lipinski definition) is 0. The van der Waals surface area contributed by atoms with E-state index in [4.69, 9.17) is 0 Å². The summed E-state index contributed by atoms with van der Waals surface area (Å²) in [6, 6.07) is 9.39. The lowest BCUT2D eigenvalue weighted by atomic mass is 9.97. The van der Waals surface area contributed by atoms with E-state index in [2.05, 4.69) is 59.1 Å². The highest BCUT2D eigenvalue weighted by molar-refractivity contribution is 5.24. The smallest absolute Gasteiger partial charge is 0.104 e. The van der Waals surface area contributed by atoms with Gasteiger partial charge in [-0.05, 0) is 30.7 Å². The molecule has 1 atom stereocenters. The molecule has 0 aliphatic carbocycles. The zero-order valence-corrected chi connectivity index (χ0v) is 21.4. The van der Waals surface area contributed by atoms with Crippen molar-refractivity contribution in [2.45, 2.75) is 130 Å². The van der Waals surface area contributed by atoms with Crippen molar-refractivity contribution in [2.75, 3.05) is 20.6 Å². The molecule has 0 amide bonds. The molecule has 0 saturated carbocycles. The van der Waals surface area contributed by atoms with Crippen molar-refractivity contribution in [1.29, 1.82) is 0 Å². The predicted octanol–water partition coefficient (Wildman–Crippen LogP) is 9.26. The Bertz CT molecular complexity index is 502. The average Bonchev–Trinajstić information content (AvgIpc) is 2.73. The van der Waals surface area contributed by atoms with Gasteiger partial charge in [0.25, 0.3) is 0 Å². The van der Waals surface area contributed by atoms with Crippen LogP contribution in [0, 0.1) is 0 Å². The Kier molecular flexibility index (Phi) is 15.3. The maximum Gasteiger partial charge on any atom is 0.104 e. The zero-order chi connectivity index (χ0) is 22.1. The van der Waals surface area contributed by atoms with Gasteiger partial charge in [-0.3, -0.25) is 0 Å². The van der Waals surface area contributed by atoms with Crippen molar-refractivity contribution in [2.24, 2.45) is 0 Å². The van der Waals surface area contributed by atoms with E-state index < -0.39 is 0 Å². The third-order valence-electron chi connectivity index (χ3n) is 6.89. The first-order chi connectivity index (χ1) is 14.5. The number of rotatable bonds is 19. The van der Waals surface area contributed by atoms with Crippen molar-refractivity contribution < 1.29 is 4.48 Å². The lowest BCUT2D eigenvalue weighted by Gasteiger charge is -2.30. The molecular formula is C29H54N+. The van der Waals surface area contributed by atoms with E-state index in [1.54, 1.807) is 0 Å². The maximum atomic E-state index is 2.39. The molecule has 1 heteroatoms. The van der Waals surface area contributed by atoms with Crippen LogP contribution in [0.1, 0.15) is 134 Å². The topological polar surface area (TPSA) is 0 Å². The summed E-state index contributed by atoms with van der Waals surface area (Å²) < 4.78 is 1.11. The predicted molar refractivity (Wildman–Crippen MR) is 136 cm³/mol. The normalized spacial score (nSPS) is 13.0. The van der Waals surface area contributed by atoms with Crippen LogP contribution in [0.4, 0.5) is 0 Å². The summed E-state index contributed by atoms with van der Waals surface area (Å²) in [6.07, 6.45) is 21.4. The van der Waals surface area contributed by atoms with Gasteiger partial charge in [-0.1, -0.05) is 122 Å². The Morgan fingerprint density at radius 3 is 1.50 bits per heavy atom. The Balaban J connectivity index is 2.01. The Hall–Kier alpha value is -0.820. The minimum atomic E-state index is 0.678. The minimum absolute atomic E-state index is 0.678. The van der Waals surface area contributed by atoms with Gasteiger partial charge < -0.3 is 4.48 Å². The van der Waals surface area contributed by atoms with E-state index in [1.165, 1.54) is 114 Å². The van der Waals surface area contributed by atoms with Gasteiger partial charge in [0, 0.05) is 5.56 Å². The first-order valence-corrected chi connectivity index (χ1v) is 13.4. The summed E-state index contributed by atoms with van der Waals surface area (Å²) in [4.78, 5) is 0. The molecule has 1 unspecified atom stereocenters. The quantitative estimate of drug-likeness (QED) is 0.156. The fourth-order valence-electron chi connectivity index (χ4n) is 4.49. The van der Waals surface area contributed by atoms with Crippen molar-refractivity contribution in [3.05, 3.63) is 35.4 Å². The number of nitrogens with zero attached hydrogens (tertiary/aromatic N) is 1. The standard InChI is InChI=1S/C29H54N/c1-6-8-9-10-11-12-13-14-15-16-17-18-19-20-25-30(4,5)26-28-21-23-29(24-22-28)27(3)7-2/h21-24,27H,6-20,25-26H2,1-5H3/q+1. The van der Waals surface area contributed by atoms with Gasteiger partial charge in [0.1, 0.15) is 6.54 Å². The summed E-state index contributed by atoms with van der Waals surface area (Å²) in [5, 5.41) is 0. The van der Waals surface area contributed by atoms with Crippen LogP contribution in [-0.4, -0.2) is 25.1 Å². The van der Waals surface area contributed by atoms with Crippen LogP contribution in [-0.2, 0) is 6.54 Å². The van der Waals surface area contributed by atoms with E-state index >= 15 is 0 Å². The molecule has 0 spiro atoms. The average molecular weight is 417 g/mol. The summed E-state index contributed by atoms with van der Waals surface area (Å²) in [5.74, 6) is 0.678. The van der Waals surface area contributed by atoms with E-state index in [-0.39, 0.29) is 0 Å². The first kappa shape index (κ1) is 27.2. The number of unbranched alkanes of at least 4 members (excludes halogenated alkanes) is 13. The highest BCUT2D eigenvalue weighted by Crippen LogP contribution is 2.20. The summed E-state index contributed by atoms with van der Waals surface area (Å²) in [6.45, 7) is 9.34. The van der Waals surface area contributed by atoms with E-state index in [1.807, 2.05) is 0 Å². The second kappa shape index (κ2) is 16.8. The molecule has 0 heterocycles. The highest BCUT2D eigenvalue weighted by atomic mass is 15.3. The molecule has 1 aromatic carbocycles. The summed E-state index contributed by atoms with van der Waals surface area (Å²) in [7, 11) is 4.79. The van der Waals surface area contributed by atoms with Gasteiger partial charge in [0.2, 0.25) is 0 Å². The van der Waals surface area contributed by atoms with Crippen molar-refractivity contribution in [1.82, 2.24) is 0 Å². The van der Waals surface area contributed by atoms with E-state index in [0.29, 0.717) is 5.92 Å². The number of benzene rings is 1. The van der Waals surface area contributed by atoms with Gasteiger partial charge in [-0.25, -0.2) is 0 Å². The van der Waals surface area contributed by atoms with Crippen LogP contribution in [0.2, 0.25) is 0 Å². The van der Waals surface area contributed by atoms with Crippen LogP contribution >= 0.6 is 0 Å². The highest BCUT2D eigenvalue weighted by Gasteiger charge is 2.15. The van der Waals surface area contributed by atoms with Crippen molar-refractivity contribution in [3.8, 4) is 0 Å². The number of quaternary nitrogens is 1. The fourth-order valence-corrected chi connectivity index (χ4v) is 4.49. The fraction of sp³-hybridized carbons (Fsp3) is 0.793. The molecule has 30 heavy (non-hydrogen) atoms. The lowest BCUT2D eigenvalue weighted by Crippen LogP contribution is -2.39. The van der Waals surface area contributed by atoms with Crippen LogP contribution in [0.15, 0.2) is 24.3 Å². The van der Waals surface area contributed by atoms with Crippen molar-refractivity contribution in [3.63, 3.8) is 0 Å². The molecule has 174 valence electrons. The second-order valence-electron chi connectivity index (χ2n) is 10.5. The Labute approximate surface area is 190 Å². The van der Waals surface area contributed by atoms with Gasteiger partial charge >= 0.3 is 0 Å². The zero-order valence-electron chi connectivity index (χ0n) is 21.4. The first-order valence-electron chi connectivity index (χ1n) is 13.4. The van der Waals surface area contributed by atoms with E-state index in [0.717, 1.165) is 11.0 Å². The van der Waals surface area contributed by atoms with Crippen LogP contribution in [0.3, 0.4) is 0 Å². The Morgan fingerprint density at radius 2 is 1.07 bits per heavy atom. The third-order valence-corrected chi connectivity index (χ3v) is 6.89. The molecule has 0 N–H and O–H groups in total. The van der Waals surface area contributed by atoms with Crippen LogP contribution < -0.4 is 0 Å². The maximum absolute atomic E-state index is 2.39. The second-order valence-corrected chi connectivity index (χ2v) is 10.5. The monoisotopic (exact) mass is 416 g/mol. The van der Waals surface area contributed by atoms with Crippen LogP contribution in [0.5, 0.6) is 0 Å². The largest absolute Gasteiger partial charge is 0.325 e. The third kappa shape index (κ3) is 13.5. The van der Waals surface area contributed by atoms with Crippen molar-refractivity contribution >= 4 is 0 Å². The minimum Gasteiger partial charge on any atom is -0.325 e. The number of hydrogen-bond donors (Lipinski definition) is 0. The molecule has 1 aromatic rings. The Morgan fingerprint density at radius 1 is 0.633 bits per heavy atom. The lowest BCUT2D eigenvalue weighted by molar-refractivity contribution is -0.903. The SMILES string of the molecule is CCCCCCCCCCCCCCCC[N+](C)(C)Cc1ccc(C(C)CC)cc1. The van der Waals surface area contributed by atoms with Gasteiger partial charge in [-0.2, -0.15) is 0 Å². The van der Waals surface area contributed by atoms with E-state index in [9.17, 15) is 0 Å². The van der Waals surface area contributed by atoms with Crippen LogP contribution in [0.25, 0.3) is 0 Å². The molecule has 0 aromatic heterocycles. The molecule has 1 rings (SSSR count). The molecule has 1 nitrogen and oxygen atoms in total. The molecule has 0 fully saturated rings. The molecule has 0 aliphatic rings. The molecule has 0 bridgehead atoms. The molecule has 0 saturated heterocycles. The molecule has 0 aliphatic heterocycles. The van der Waals surface area contributed by atoms with Gasteiger partial charge in [0.15, 0.2) is 0 Å². The molecular weight excluding hydrogens is 362 g/mol.